The lowest BCUT2D eigenvalue weighted by molar-refractivity contribution is 0.164. The summed E-state index contributed by atoms with van der Waals surface area (Å²) >= 11 is 0. The number of rotatable bonds is 1. The van der Waals surface area contributed by atoms with E-state index in [4.69, 9.17) is 4.74 Å². The van der Waals surface area contributed by atoms with Crippen molar-refractivity contribution in [3.63, 3.8) is 0 Å². The number of aliphatic hydroxyl groups excluding tert-OH is 1. The predicted molar refractivity (Wildman–Crippen MR) is 49.7 cm³/mol. The van der Waals surface area contributed by atoms with Crippen molar-refractivity contribution in [2.75, 3.05) is 13.7 Å². The molecule has 1 aliphatic rings. The molecule has 70 valence electrons. The van der Waals surface area contributed by atoms with Gasteiger partial charge in [0.1, 0.15) is 5.75 Å². The second-order valence-electron chi connectivity index (χ2n) is 3.21. The minimum absolute atomic E-state index is 0.404. The highest BCUT2D eigenvalue weighted by molar-refractivity contribution is 5.38. The highest BCUT2D eigenvalue weighted by Crippen LogP contribution is 2.25. The first-order valence-electron chi connectivity index (χ1n) is 4.37. The van der Waals surface area contributed by atoms with Gasteiger partial charge < -0.3 is 15.2 Å². The van der Waals surface area contributed by atoms with Gasteiger partial charge in [-0.2, -0.15) is 0 Å². The minimum atomic E-state index is -0.404. The lowest BCUT2D eigenvalue weighted by atomic mass is 9.98. The number of hydrogen-bond acceptors (Lipinski definition) is 3. The highest BCUT2D eigenvalue weighted by atomic mass is 16.5. The van der Waals surface area contributed by atoms with Crippen LogP contribution < -0.4 is 10.1 Å². The van der Waals surface area contributed by atoms with E-state index in [2.05, 4.69) is 5.32 Å². The standard InChI is InChI=1S/C10H13NO2/c1-13-8-3-2-7-5-11-6-10(12)9(7)4-8/h2-4,10-12H,5-6H2,1H3. The molecule has 0 bridgehead atoms. The molecule has 3 heteroatoms. The summed E-state index contributed by atoms with van der Waals surface area (Å²) in [6.45, 7) is 1.45. The Morgan fingerprint density at radius 1 is 1.54 bits per heavy atom. The fraction of sp³-hybridized carbons (Fsp3) is 0.400. The Kier molecular flexibility index (Phi) is 2.20. The summed E-state index contributed by atoms with van der Waals surface area (Å²) in [6.07, 6.45) is -0.404. The third-order valence-electron chi connectivity index (χ3n) is 2.37. The van der Waals surface area contributed by atoms with Crippen LogP contribution in [0.25, 0.3) is 0 Å². The maximum Gasteiger partial charge on any atom is 0.119 e. The SMILES string of the molecule is COc1ccc2c(c1)C(O)CNC2. The normalized spacial score (nSPS) is 20.9. The van der Waals surface area contributed by atoms with Crippen molar-refractivity contribution in [1.82, 2.24) is 5.32 Å². The fourth-order valence-electron chi connectivity index (χ4n) is 1.62. The molecule has 1 aromatic rings. The molecular formula is C10H13NO2. The zero-order valence-electron chi connectivity index (χ0n) is 7.58. The Morgan fingerprint density at radius 3 is 3.15 bits per heavy atom. The van der Waals surface area contributed by atoms with Gasteiger partial charge in [0, 0.05) is 13.1 Å². The van der Waals surface area contributed by atoms with Crippen LogP contribution in [-0.4, -0.2) is 18.8 Å². The summed E-state index contributed by atoms with van der Waals surface area (Å²) in [5.74, 6) is 0.805. The van der Waals surface area contributed by atoms with E-state index in [1.165, 1.54) is 0 Å². The van der Waals surface area contributed by atoms with E-state index in [0.717, 1.165) is 23.4 Å². The van der Waals surface area contributed by atoms with Crippen molar-refractivity contribution in [2.24, 2.45) is 0 Å². The highest BCUT2D eigenvalue weighted by Gasteiger charge is 2.17. The molecule has 2 N–H and O–H groups in total. The van der Waals surface area contributed by atoms with Crippen molar-refractivity contribution in [2.45, 2.75) is 12.6 Å². The third-order valence-corrected chi connectivity index (χ3v) is 2.37. The Labute approximate surface area is 77.3 Å². The van der Waals surface area contributed by atoms with Gasteiger partial charge in [0.25, 0.3) is 0 Å². The molecule has 0 spiro atoms. The molecule has 1 atom stereocenters. The number of nitrogens with one attached hydrogen (secondary N) is 1. The lowest BCUT2D eigenvalue weighted by Gasteiger charge is -2.22. The van der Waals surface area contributed by atoms with Crippen LogP contribution in [-0.2, 0) is 6.54 Å². The largest absolute Gasteiger partial charge is 0.497 e. The molecule has 0 saturated heterocycles. The molecular weight excluding hydrogens is 166 g/mol. The number of fused-ring (bicyclic) bond motifs is 1. The molecule has 0 radical (unpaired) electrons. The summed E-state index contributed by atoms with van der Waals surface area (Å²) in [4.78, 5) is 0. The summed E-state index contributed by atoms with van der Waals surface area (Å²) < 4.78 is 5.10. The van der Waals surface area contributed by atoms with Crippen LogP contribution in [0.2, 0.25) is 0 Å². The molecule has 13 heavy (non-hydrogen) atoms. The molecule has 1 heterocycles. The van der Waals surface area contributed by atoms with Crippen LogP contribution in [0, 0.1) is 0 Å². The van der Waals surface area contributed by atoms with E-state index in [9.17, 15) is 5.11 Å². The number of methoxy groups -OCH3 is 1. The Balaban J connectivity index is 2.41. The summed E-state index contributed by atoms with van der Waals surface area (Å²) in [7, 11) is 1.63. The quantitative estimate of drug-likeness (QED) is 0.671. The first-order chi connectivity index (χ1) is 6.31. The van der Waals surface area contributed by atoms with Crippen LogP contribution >= 0.6 is 0 Å². The predicted octanol–water partition coefficient (Wildman–Crippen LogP) is 0.832. The Hall–Kier alpha value is -1.06. The second kappa shape index (κ2) is 3.36. The van der Waals surface area contributed by atoms with Gasteiger partial charge in [-0.05, 0) is 23.3 Å². The van der Waals surface area contributed by atoms with Gasteiger partial charge in [0.05, 0.1) is 13.2 Å². The molecule has 2 rings (SSSR count). The van der Waals surface area contributed by atoms with Crippen molar-refractivity contribution >= 4 is 0 Å². The van der Waals surface area contributed by atoms with Crippen LogP contribution in [0.5, 0.6) is 5.75 Å². The first kappa shape index (κ1) is 8.53. The number of aliphatic hydroxyl groups is 1. The van der Waals surface area contributed by atoms with Crippen molar-refractivity contribution < 1.29 is 9.84 Å². The zero-order valence-corrected chi connectivity index (χ0v) is 7.58. The van der Waals surface area contributed by atoms with Crippen molar-refractivity contribution in [1.29, 1.82) is 0 Å². The summed E-state index contributed by atoms with van der Waals surface area (Å²) in [6, 6.07) is 5.81. The van der Waals surface area contributed by atoms with E-state index in [0.29, 0.717) is 6.54 Å². The van der Waals surface area contributed by atoms with Gasteiger partial charge in [0.15, 0.2) is 0 Å². The van der Waals surface area contributed by atoms with E-state index < -0.39 is 6.10 Å². The molecule has 1 aromatic carbocycles. The number of benzene rings is 1. The topological polar surface area (TPSA) is 41.5 Å². The first-order valence-corrected chi connectivity index (χ1v) is 4.37. The molecule has 0 amide bonds. The maximum absolute atomic E-state index is 9.66. The van der Waals surface area contributed by atoms with Gasteiger partial charge in [0.2, 0.25) is 0 Å². The minimum Gasteiger partial charge on any atom is -0.497 e. The van der Waals surface area contributed by atoms with E-state index in [1.807, 2.05) is 18.2 Å². The Bertz CT molecular complexity index is 312. The van der Waals surface area contributed by atoms with E-state index in [1.54, 1.807) is 7.11 Å². The van der Waals surface area contributed by atoms with Gasteiger partial charge in [-0.1, -0.05) is 6.07 Å². The average molecular weight is 179 g/mol. The molecule has 1 aliphatic heterocycles. The maximum atomic E-state index is 9.66. The average Bonchev–Trinajstić information content (AvgIpc) is 2.18. The lowest BCUT2D eigenvalue weighted by Crippen LogP contribution is -2.27. The third kappa shape index (κ3) is 1.53. The van der Waals surface area contributed by atoms with E-state index in [-0.39, 0.29) is 0 Å². The molecule has 0 fully saturated rings. The molecule has 3 nitrogen and oxygen atoms in total. The van der Waals surface area contributed by atoms with E-state index >= 15 is 0 Å². The second-order valence-corrected chi connectivity index (χ2v) is 3.21. The number of β-amino-alcohol motifs (C(OH)–C–C–N with tert-alkyl or cyclic N) is 1. The number of ether oxygens (including phenoxy) is 1. The molecule has 0 aromatic heterocycles. The van der Waals surface area contributed by atoms with Crippen LogP contribution in [0.1, 0.15) is 17.2 Å². The fourth-order valence-corrected chi connectivity index (χ4v) is 1.62. The zero-order chi connectivity index (χ0) is 9.26. The van der Waals surface area contributed by atoms with Gasteiger partial charge >= 0.3 is 0 Å². The van der Waals surface area contributed by atoms with Crippen molar-refractivity contribution in [3.8, 4) is 5.75 Å². The van der Waals surface area contributed by atoms with Gasteiger partial charge in [-0.25, -0.2) is 0 Å². The summed E-state index contributed by atoms with van der Waals surface area (Å²) in [5.41, 5.74) is 2.14. The van der Waals surface area contributed by atoms with Crippen molar-refractivity contribution in [3.05, 3.63) is 29.3 Å². The molecule has 1 unspecified atom stereocenters. The molecule has 0 saturated carbocycles. The van der Waals surface area contributed by atoms with Gasteiger partial charge in [-0.15, -0.1) is 0 Å². The van der Waals surface area contributed by atoms with Crippen LogP contribution in [0.15, 0.2) is 18.2 Å². The summed E-state index contributed by atoms with van der Waals surface area (Å²) in [5, 5.41) is 12.8. The monoisotopic (exact) mass is 179 g/mol. The van der Waals surface area contributed by atoms with Gasteiger partial charge in [-0.3, -0.25) is 0 Å². The van der Waals surface area contributed by atoms with Crippen LogP contribution in [0.4, 0.5) is 0 Å². The molecule has 0 aliphatic carbocycles. The smallest absolute Gasteiger partial charge is 0.119 e. The Morgan fingerprint density at radius 2 is 2.38 bits per heavy atom. The van der Waals surface area contributed by atoms with Crippen LogP contribution in [0.3, 0.4) is 0 Å². The number of hydrogen-bond donors (Lipinski definition) is 2.